The van der Waals surface area contributed by atoms with E-state index < -0.39 is 69.6 Å². The molecule has 0 aromatic rings. The van der Waals surface area contributed by atoms with Crippen LogP contribution in [-0.2, 0) is 28.6 Å². The Morgan fingerprint density at radius 1 is 1.14 bits per heavy atom. The molecule has 0 bridgehead atoms. The minimum absolute atomic E-state index is 0.0505. The summed E-state index contributed by atoms with van der Waals surface area (Å²) in [6, 6.07) is 0. The largest absolute Gasteiger partial charge is 0.458 e. The van der Waals surface area contributed by atoms with E-state index in [0.717, 1.165) is 0 Å². The lowest BCUT2D eigenvalue weighted by atomic mass is 9.39. The number of fused-ring (bicyclic) bond motifs is 3. The molecule has 1 heterocycles. The highest BCUT2D eigenvalue weighted by Gasteiger charge is 2.82. The van der Waals surface area contributed by atoms with E-state index in [0.29, 0.717) is 25.8 Å². The van der Waals surface area contributed by atoms with Crippen molar-refractivity contribution in [1.29, 1.82) is 0 Å². The van der Waals surface area contributed by atoms with Gasteiger partial charge in [0.05, 0.1) is 18.1 Å². The van der Waals surface area contributed by atoms with Crippen molar-refractivity contribution in [2.24, 2.45) is 16.7 Å². The van der Waals surface area contributed by atoms with Crippen molar-refractivity contribution in [2.75, 3.05) is 20.6 Å². The van der Waals surface area contributed by atoms with E-state index >= 15 is 0 Å². The topological polar surface area (TPSA) is 123 Å². The van der Waals surface area contributed by atoms with Crippen molar-refractivity contribution in [3.05, 3.63) is 0 Å². The third-order valence-electron chi connectivity index (χ3n) is 9.38. The molecule has 206 valence electrons. The van der Waals surface area contributed by atoms with Gasteiger partial charge in [0.25, 0.3) is 0 Å². The van der Waals surface area contributed by atoms with Gasteiger partial charge < -0.3 is 29.3 Å². The van der Waals surface area contributed by atoms with E-state index in [2.05, 4.69) is 0 Å². The quantitative estimate of drug-likeness (QED) is 0.517. The third-order valence-corrected chi connectivity index (χ3v) is 9.38. The van der Waals surface area contributed by atoms with Crippen LogP contribution in [0.4, 0.5) is 0 Å². The van der Waals surface area contributed by atoms with Gasteiger partial charge in [0.2, 0.25) is 0 Å². The number of ether oxygens (including phenoxy) is 3. The average Bonchev–Trinajstić information content (AvgIpc) is 2.75. The number of carbonyl (C=O) groups is 3. The summed E-state index contributed by atoms with van der Waals surface area (Å²) in [5.74, 6) is -2.29. The summed E-state index contributed by atoms with van der Waals surface area (Å²) in [6.45, 7) is 12.6. The van der Waals surface area contributed by atoms with Gasteiger partial charge in [-0.15, -0.1) is 0 Å². The lowest BCUT2D eigenvalue weighted by Crippen LogP contribution is -2.87. The lowest BCUT2D eigenvalue weighted by Gasteiger charge is -2.71. The molecule has 9 nitrogen and oxygen atoms in total. The molecule has 1 aliphatic heterocycles. The molecule has 2 saturated carbocycles. The molecule has 1 unspecified atom stereocenters. The van der Waals surface area contributed by atoms with Crippen LogP contribution in [0.25, 0.3) is 0 Å². The van der Waals surface area contributed by atoms with Crippen molar-refractivity contribution in [3.8, 4) is 0 Å². The zero-order valence-corrected chi connectivity index (χ0v) is 23.3. The summed E-state index contributed by atoms with van der Waals surface area (Å²) in [7, 11) is 3.70. The van der Waals surface area contributed by atoms with Crippen molar-refractivity contribution < 1.29 is 38.8 Å². The summed E-state index contributed by atoms with van der Waals surface area (Å²) in [5, 5.41) is 24.0. The maximum Gasteiger partial charge on any atom is 0.307 e. The Morgan fingerprint density at radius 2 is 1.75 bits per heavy atom. The normalized spacial score (nSPS) is 43.9. The first-order chi connectivity index (χ1) is 16.4. The van der Waals surface area contributed by atoms with Gasteiger partial charge in [-0.1, -0.05) is 27.7 Å². The number of aliphatic hydroxyl groups excluding tert-OH is 1. The maximum atomic E-state index is 14.0. The van der Waals surface area contributed by atoms with Crippen LogP contribution in [0, 0.1) is 16.7 Å². The second-order valence-electron chi connectivity index (χ2n) is 12.7. The lowest BCUT2D eigenvalue weighted by molar-refractivity contribution is -0.375. The Morgan fingerprint density at radius 3 is 2.28 bits per heavy atom. The van der Waals surface area contributed by atoms with Crippen LogP contribution in [0.15, 0.2) is 0 Å². The number of nitrogens with zero attached hydrogens (tertiary/aromatic N) is 1. The van der Waals surface area contributed by atoms with Gasteiger partial charge in [-0.3, -0.25) is 14.4 Å². The van der Waals surface area contributed by atoms with Gasteiger partial charge in [-0.05, 0) is 52.6 Å². The molecule has 0 aromatic heterocycles. The summed E-state index contributed by atoms with van der Waals surface area (Å²) in [4.78, 5) is 41.4. The number of Topliss-reactive ketones (excluding diaryl/α,β-unsaturated/α-hetero) is 1. The molecule has 3 rings (SSSR count). The van der Waals surface area contributed by atoms with Crippen LogP contribution in [0.3, 0.4) is 0 Å². The third kappa shape index (κ3) is 4.20. The number of esters is 2. The van der Waals surface area contributed by atoms with Gasteiger partial charge in [-0.2, -0.15) is 0 Å². The summed E-state index contributed by atoms with van der Waals surface area (Å²) >= 11 is 0. The molecule has 0 radical (unpaired) electrons. The molecular weight excluding hydrogens is 466 g/mol. The predicted molar refractivity (Wildman–Crippen MR) is 132 cm³/mol. The fraction of sp³-hybridized carbons (Fsp3) is 0.889. The van der Waals surface area contributed by atoms with E-state index in [1.807, 2.05) is 39.8 Å². The first-order valence-electron chi connectivity index (χ1n) is 13.0. The van der Waals surface area contributed by atoms with Crippen LogP contribution < -0.4 is 0 Å². The zero-order valence-electron chi connectivity index (χ0n) is 23.3. The van der Waals surface area contributed by atoms with E-state index in [1.165, 1.54) is 6.92 Å². The van der Waals surface area contributed by atoms with E-state index in [4.69, 9.17) is 14.2 Å². The zero-order chi connectivity index (χ0) is 27.5. The van der Waals surface area contributed by atoms with Gasteiger partial charge in [-0.25, -0.2) is 0 Å². The fourth-order valence-electron chi connectivity index (χ4n) is 7.40. The summed E-state index contributed by atoms with van der Waals surface area (Å²) < 4.78 is 18.5. The Bertz CT molecular complexity index is 904. The SMILES string of the molecule is CC[C@@]1(C)CC(=O)[C@@]2(O)[C@](C)(O1)[C@@H](OC(C)=O)[C@@H](OC(=O)CCN(C)C)C1C(C)(C)CC[C@H](O)[C@@]12C. The van der Waals surface area contributed by atoms with Gasteiger partial charge >= 0.3 is 11.9 Å². The van der Waals surface area contributed by atoms with Gasteiger partial charge in [0.15, 0.2) is 17.5 Å². The molecule has 2 aliphatic carbocycles. The molecule has 8 atom stereocenters. The molecule has 3 fully saturated rings. The Balaban J connectivity index is 2.28. The second kappa shape index (κ2) is 9.33. The minimum Gasteiger partial charge on any atom is -0.458 e. The smallest absolute Gasteiger partial charge is 0.307 e. The molecule has 2 N–H and O–H groups in total. The van der Waals surface area contributed by atoms with Crippen LogP contribution >= 0.6 is 0 Å². The molecular formula is C27H45NO8. The number of carbonyl (C=O) groups excluding carboxylic acids is 3. The predicted octanol–water partition coefficient (Wildman–Crippen LogP) is 2.25. The number of hydrogen-bond donors (Lipinski definition) is 2. The number of ketones is 1. The summed E-state index contributed by atoms with van der Waals surface area (Å²) in [6.07, 6.45) is -1.92. The van der Waals surface area contributed by atoms with Crippen molar-refractivity contribution in [2.45, 2.75) is 116 Å². The highest BCUT2D eigenvalue weighted by molar-refractivity contribution is 5.92. The highest BCUT2D eigenvalue weighted by Crippen LogP contribution is 2.67. The van der Waals surface area contributed by atoms with E-state index in [9.17, 15) is 24.6 Å². The van der Waals surface area contributed by atoms with Crippen LogP contribution in [0.1, 0.15) is 80.6 Å². The first kappa shape index (κ1) is 29.0. The van der Waals surface area contributed by atoms with Crippen LogP contribution in [0.5, 0.6) is 0 Å². The molecule has 36 heavy (non-hydrogen) atoms. The molecule has 1 saturated heterocycles. The van der Waals surface area contributed by atoms with Gasteiger partial charge in [0.1, 0.15) is 11.7 Å². The van der Waals surface area contributed by atoms with Crippen LogP contribution in [0.2, 0.25) is 0 Å². The highest BCUT2D eigenvalue weighted by atomic mass is 16.6. The van der Waals surface area contributed by atoms with Crippen molar-refractivity contribution in [3.63, 3.8) is 0 Å². The maximum absolute atomic E-state index is 14.0. The fourth-order valence-corrected chi connectivity index (χ4v) is 7.40. The molecule has 0 spiro atoms. The van der Waals surface area contributed by atoms with Gasteiger partial charge in [0, 0.05) is 31.2 Å². The van der Waals surface area contributed by atoms with Crippen LogP contribution in [-0.4, -0.2) is 88.6 Å². The Labute approximate surface area is 214 Å². The monoisotopic (exact) mass is 511 g/mol. The first-order valence-corrected chi connectivity index (χ1v) is 13.0. The Hall–Kier alpha value is -1.55. The minimum atomic E-state index is -2.19. The van der Waals surface area contributed by atoms with Crippen molar-refractivity contribution in [1.82, 2.24) is 4.90 Å². The molecule has 3 aliphatic rings. The number of aliphatic hydroxyl groups is 2. The number of hydrogen-bond acceptors (Lipinski definition) is 9. The molecule has 9 heteroatoms. The van der Waals surface area contributed by atoms with E-state index in [1.54, 1.807) is 20.8 Å². The molecule has 0 amide bonds. The number of rotatable bonds is 6. The average molecular weight is 512 g/mol. The summed E-state index contributed by atoms with van der Waals surface area (Å²) in [5.41, 5.74) is -6.90. The van der Waals surface area contributed by atoms with E-state index in [-0.39, 0.29) is 12.8 Å². The standard InChI is InChI=1S/C27H45NO8/c1-10-24(5)15-18(31)27(33)25(6)17(30)11-13-23(3,4)21(25)20(35-19(32)12-14-28(8)9)22(34-16(2)29)26(27,7)36-24/h17,20-22,30,33H,10-15H2,1-9H3/t17-,20-,21?,22-,24-,25-,26+,27-/m0/s1. The Kier molecular flexibility index (Phi) is 7.52. The van der Waals surface area contributed by atoms with Crippen molar-refractivity contribution >= 4 is 17.7 Å². The second-order valence-corrected chi connectivity index (χ2v) is 12.7. The molecule has 0 aromatic carbocycles.